The highest BCUT2D eigenvalue weighted by atomic mass is 19.4. The van der Waals surface area contributed by atoms with Crippen molar-refractivity contribution in [3.05, 3.63) is 65.4 Å². The number of benzene rings is 2. The minimum Gasteiger partial charge on any atom is -0.492 e. The minimum atomic E-state index is -4.34. The quantitative estimate of drug-likeness (QED) is 0.457. The first-order valence-corrected chi connectivity index (χ1v) is 12.1. The van der Waals surface area contributed by atoms with Gasteiger partial charge in [0.2, 0.25) is 0 Å². The molecule has 2 heterocycles. The Morgan fingerprint density at radius 1 is 1.22 bits per heavy atom. The Balaban J connectivity index is 1.39. The first-order chi connectivity index (χ1) is 17.1. The molecule has 2 fully saturated rings. The summed E-state index contributed by atoms with van der Waals surface area (Å²) in [4.78, 5) is 20.0. The van der Waals surface area contributed by atoms with Gasteiger partial charge in [0.15, 0.2) is 0 Å². The van der Waals surface area contributed by atoms with Crippen molar-refractivity contribution in [2.75, 3.05) is 32.1 Å². The van der Waals surface area contributed by atoms with Crippen LogP contribution in [0.2, 0.25) is 0 Å². The van der Waals surface area contributed by atoms with Crippen molar-refractivity contribution in [2.24, 2.45) is 0 Å². The number of nitrogens with one attached hydrogen (secondary N) is 2. The van der Waals surface area contributed by atoms with Gasteiger partial charge in [0.1, 0.15) is 18.9 Å². The van der Waals surface area contributed by atoms with E-state index in [1.807, 2.05) is 25.1 Å². The van der Waals surface area contributed by atoms with Gasteiger partial charge in [0, 0.05) is 28.9 Å². The zero-order chi connectivity index (χ0) is 25.5. The molecule has 1 amide bonds. The summed E-state index contributed by atoms with van der Waals surface area (Å²) >= 11 is 0. The number of pyridine rings is 1. The molecule has 2 aliphatic rings. The number of ether oxygens (including phenoxy) is 1. The maximum atomic E-state index is 13.4. The van der Waals surface area contributed by atoms with Crippen molar-refractivity contribution >= 4 is 22.5 Å². The predicted octanol–water partition coefficient (Wildman–Crippen LogP) is 5.02. The van der Waals surface area contributed by atoms with E-state index in [1.165, 1.54) is 0 Å². The number of carbonyl (C=O) groups is 1. The number of hydrogen-bond donors (Lipinski definition) is 2. The van der Waals surface area contributed by atoms with E-state index < -0.39 is 18.3 Å². The number of aromatic nitrogens is 1. The van der Waals surface area contributed by atoms with Gasteiger partial charge in [-0.15, -0.1) is 0 Å². The van der Waals surface area contributed by atoms with Crippen molar-refractivity contribution < 1.29 is 22.7 Å². The molecule has 1 aliphatic heterocycles. The Hall–Kier alpha value is -3.33. The number of fused-ring (bicyclic) bond motifs is 1. The van der Waals surface area contributed by atoms with Crippen molar-refractivity contribution in [2.45, 2.75) is 43.9 Å². The highest BCUT2D eigenvalue weighted by molar-refractivity contribution is 5.97. The van der Waals surface area contributed by atoms with Gasteiger partial charge >= 0.3 is 6.18 Å². The van der Waals surface area contributed by atoms with E-state index in [-0.39, 0.29) is 5.91 Å². The average Bonchev–Trinajstić information content (AvgIpc) is 3.62. The highest BCUT2D eigenvalue weighted by Gasteiger charge is 2.47. The summed E-state index contributed by atoms with van der Waals surface area (Å²) < 4.78 is 44.4. The van der Waals surface area contributed by atoms with Crippen LogP contribution in [0.3, 0.4) is 0 Å². The van der Waals surface area contributed by atoms with E-state index in [9.17, 15) is 18.0 Å². The van der Waals surface area contributed by atoms with Crippen LogP contribution >= 0.6 is 0 Å². The molecular weight excluding hydrogens is 469 g/mol. The molecule has 1 aliphatic carbocycles. The third-order valence-electron chi connectivity index (χ3n) is 7.17. The van der Waals surface area contributed by atoms with E-state index >= 15 is 0 Å². The van der Waals surface area contributed by atoms with Gasteiger partial charge in [-0.05, 0) is 81.2 Å². The fraction of sp³-hybridized carbons (Fsp3) is 0.407. The number of hydrogen-bond acceptors (Lipinski definition) is 5. The topological polar surface area (TPSA) is 66.5 Å². The number of amides is 1. The van der Waals surface area contributed by atoms with Crippen LogP contribution in [0.5, 0.6) is 5.75 Å². The Bertz CT molecular complexity index is 1290. The lowest BCUT2D eigenvalue weighted by molar-refractivity contribution is -0.115. The third kappa shape index (κ3) is 5.11. The Morgan fingerprint density at radius 3 is 2.69 bits per heavy atom. The maximum absolute atomic E-state index is 13.4. The molecule has 0 radical (unpaired) electrons. The van der Waals surface area contributed by atoms with Crippen molar-refractivity contribution in [3.63, 3.8) is 0 Å². The number of aryl methyl sites for hydroxylation is 1. The summed E-state index contributed by atoms with van der Waals surface area (Å²) in [5.41, 5.74) is 2.35. The fourth-order valence-electron chi connectivity index (χ4n) is 4.66. The van der Waals surface area contributed by atoms with Gasteiger partial charge in [-0.2, -0.15) is 13.2 Å². The second-order valence-electron chi connectivity index (χ2n) is 9.81. The summed E-state index contributed by atoms with van der Waals surface area (Å²) in [6.45, 7) is 2.36. The summed E-state index contributed by atoms with van der Waals surface area (Å²) in [5.74, 6) is 0.408. The molecule has 6 nitrogen and oxygen atoms in total. The summed E-state index contributed by atoms with van der Waals surface area (Å²) in [6.07, 6.45) is -0.265. The number of halogens is 3. The van der Waals surface area contributed by atoms with E-state index in [0.717, 1.165) is 29.5 Å². The van der Waals surface area contributed by atoms with Crippen LogP contribution in [-0.2, 0) is 5.54 Å². The lowest BCUT2D eigenvalue weighted by Gasteiger charge is -2.37. The predicted molar refractivity (Wildman–Crippen MR) is 132 cm³/mol. The summed E-state index contributed by atoms with van der Waals surface area (Å²) in [5, 5.41) is 6.44. The summed E-state index contributed by atoms with van der Waals surface area (Å²) in [7, 11) is 2.06. The molecule has 0 spiro atoms. The second kappa shape index (κ2) is 9.28. The molecule has 0 bridgehead atoms. The van der Waals surface area contributed by atoms with Crippen molar-refractivity contribution in [3.8, 4) is 5.75 Å². The number of alkyl halides is 3. The zero-order valence-electron chi connectivity index (χ0n) is 20.3. The SMILES string of the molecule is Cc1ccc(OCC2CCN2C)cc1C(=O)NC1(c2cc(NCC(F)(F)F)cc3ncccc23)CC1. The van der Waals surface area contributed by atoms with Crippen LogP contribution in [0.15, 0.2) is 48.7 Å². The fourth-order valence-corrected chi connectivity index (χ4v) is 4.66. The van der Waals surface area contributed by atoms with Crippen LogP contribution in [0.4, 0.5) is 18.9 Å². The van der Waals surface area contributed by atoms with Gasteiger partial charge in [-0.3, -0.25) is 14.7 Å². The van der Waals surface area contributed by atoms with Crippen LogP contribution in [0.25, 0.3) is 10.9 Å². The molecule has 190 valence electrons. The van der Waals surface area contributed by atoms with Gasteiger partial charge in [-0.25, -0.2) is 0 Å². The summed E-state index contributed by atoms with van der Waals surface area (Å²) in [6, 6.07) is 12.9. The van der Waals surface area contributed by atoms with Gasteiger partial charge in [0.25, 0.3) is 5.91 Å². The molecule has 36 heavy (non-hydrogen) atoms. The molecule has 1 atom stereocenters. The maximum Gasteiger partial charge on any atom is 0.405 e. The third-order valence-corrected chi connectivity index (χ3v) is 7.17. The molecule has 2 aromatic carbocycles. The molecule has 1 unspecified atom stereocenters. The van der Waals surface area contributed by atoms with Crippen LogP contribution in [-0.4, -0.2) is 54.8 Å². The van der Waals surface area contributed by atoms with Crippen molar-refractivity contribution in [1.82, 2.24) is 15.2 Å². The lowest BCUT2D eigenvalue weighted by Crippen LogP contribution is -2.48. The minimum absolute atomic E-state index is 0.234. The molecule has 1 saturated heterocycles. The number of nitrogens with zero attached hydrogens (tertiary/aromatic N) is 2. The van der Waals surface area contributed by atoms with E-state index in [1.54, 1.807) is 30.5 Å². The molecule has 5 rings (SSSR count). The normalized spacial score (nSPS) is 19.0. The number of likely N-dealkylation sites (N-methyl/N-ethyl adjacent to an activating group) is 1. The van der Waals surface area contributed by atoms with Crippen LogP contribution < -0.4 is 15.4 Å². The number of rotatable bonds is 8. The first kappa shape index (κ1) is 24.4. The van der Waals surface area contributed by atoms with Gasteiger partial charge in [-0.1, -0.05) is 12.1 Å². The van der Waals surface area contributed by atoms with E-state index in [0.29, 0.717) is 48.0 Å². The molecule has 9 heteroatoms. The van der Waals surface area contributed by atoms with Crippen molar-refractivity contribution in [1.29, 1.82) is 0 Å². The number of likely N-dealkylation sites (tertiary alicyclic amines) is 1. The van der Waals surface area contributed by atoms with Crippen LogP contribution in [0.1, 0.15) is 40.7 Å². The monoisotopic (exact) mass is 498 g/mol. The molecule has 3 aromatic rings. The smallest absolute Gasteiger partial charge is 0.405 e. The average molecular weight is 499 g/mol. The zero-order valence-corrected chi connectivity index (χ0v) is 20.3. The Kier molecular flexibility index (Phi) is 6.28. The molecule has 1 saturated carbocycles. The van der Waals surface area contributed by atoms with E-state index in [4.69, 9.17) is 4.74 Å². The molecular formula is C27H29F3N4O2. The highest BCUT2D eigenvalue weighted by Crippen LogP contribution is 2.49. The van der Waals surface area contributed by atoms with Crippen LogP contribution in [0, 0.1) is 6.92 Å². The largest absolute Gasteiger partial charge is 0.492 e. The number of carbonyl (C=O) groups excluding carboxylic acids is 1. The van der Waals surface area contributed by atoms with Gasteiger partial charge < -0.3 is 15.4 Å². The van der Waals surface area contributed by atoms with E-state index in [2.05, 4.69) is 27.6 Å². The standard InChI is InChI=1S/C27H29F3N4O2/c1-17-5-6-20(36-15-19-7-11-34(19)2)14-22(17)25(35)33-26(8-9-26)23-12-18(32-16-27(28,29)30)13-24-21(23)4-3-10-31-24/h3-6,10,12-14,19,32H,7-9,11,15-16H2,1-2H3,(H,33,35). The number of anilines is 1. The molecule has 1 aromatic heterocycles. The Labute approximate surface area is 207 Å². The Morgan fingerprint density at radius 2 is 2.03 bits per heavy atom. The second-order valence-corrected chi connectivity index (χ2v) is 9.81. The molecule has 2 N–H and O–H groups in total. The van der Waals surface area contributed by atoms with Gasteiger partial charge in [0.05, 0.1) is 11.1 Å². The lowest BCUT2D eigenvalue weighted by atomic mass is 9.97. The first-order valence-electron chi connectivity index (χ1n) is 12.1.